The van der Waals surface area contributed by atoms with Crippen LogP contribution >= 0.6 is 0 Å². The molecule has 1 heterocycles. The highest BCUT2D eigenvalue weighted by molar-refractivity contribution is 6.00. The van der Waals surface area contributed by atoms with Crippen molar-refractivity contribution in [2.24, 2.45) is 5.73 Å². The van der Waals surface area contributed by atoms with E-state index in [1.54, 1.807) is 0 Å². The largest absolute Gasteiger partial charge is 0.325 e. The molecule has 0 aromatic heterocycles. The molecule has 1 aliphatic heterocycles. The van der Waals surface area contributed by atoms with Gasteiger partial charge in [-0.25, -0.2) is 0 Å². The topological polar surface area (TPSA) is 55.1 Å². The first-order chi connectivity index (χ1) is 6.88. The highest BCUT2D eigenvalue weighted by Gasteiger charge is 2.26. The van der Waals surface area contributed by atoms with Gasteiger partial charge in [0.1, 0.15) is 0 Å². The zero-order chi connectivity index (χ0) is 11.2. The highest BCUT2D eigenvalue weighted by atomic mass is 16.1. The van der Waals surface area contributed by atoms with Gasteiger partial charge in [-0.3, -0.25) is 4.79 Å². The fourth-order valence-electron chi connectivity index (χ4n) is 2.01. The molecule has 1 aromatic carbocycles. The Kier molecular flexibility index (Phi) is 2.08. The minimum atomic E-state index is -0.423. The maximum absolute atomic E-state index is 11.3. The number of amides is 1. The van der Waals surface area contributed by atoms with Gasteiger partial charge in [-0.2, -0.15) is 0 Å². The third-order valence-electron chi connectivity index (χ3n) is 2.67. The molecule has 80 valence electrons. The second-order valence-corrected chi connectivity index (χ2v) is 4.79. The van der Waals surface area contributed by atoms with E-state index in [2.05, 4.69) is 5.32 Å². The number of hydrogen-bond acceptors (Lipinski definition) is 2. The summed E-state index contributed by atoms with van der Waals surface area (Å²) in [6.07, 6.45) is 0.472. The summed E-state index contributed by atoms with van der Waals surface area (Å²) in [6, 6.07) is 4.09. The molecule has 1 amide bonds. The first-order valence-electron chi connectivity index (χ1n) is 5.10. The first-order valence-corrected chi connectivity index (χ1v) is 5.10. The summed E-state index contributed by atoms with van der Waals surface area (Å²) < 4.78 is 0. The molecule has 3 N–H and O–H groups in total. The molecule has 2 rings (SSSR count). The predicted molar refractivity (Wildman–Crippen MR) is 60.7 cm³/mol. The maximum atomic E-state index is 11.3. The molecule has 0 spiro atoms. The van der Waals surface area contributed by atoms with Gasteiger partial charge in [0.15, 0.2) is 0 Å². The van der Waals surface area contributed by atoms with Crippen molar-refractivity contribution in [1.29, 1.82) is 0 Å². The Morgan fingerprint density at radius 1 is 1.40 bits per heavy atom. The van der Waals surface area contributed by atoms with Crippen LogP contribution < -0.4 is 11.1 Å². The smallest absolute Gasteiger partial charge is 0.228 e. The number of benzene rings is 1. The average Bonchev–Trinajstić information content (AvgIpc) is 2.41. The molecule has 1 aromatic rings. The molecular weight excluding hydrogens is 188 g/mol. The molecule has 1 aliphatic rings. The number of nitrogens with two attached hydrogens (primary N) is 1. The van der Waals surface area contributed by atoms with Gasteiger partial charge in [0, 0.05) is 11.2 Å². The summed E-state index contributed by atoms with van der Waals surface area (Å²) in [4.78, 5) is 11.3. The van der Waals surface area contributed by atoms with E-state index in [1.807, 2.05) is 32.9 Å². The van der Waals surface area contributed by atoms with Crippen LogP contribution in [0.25, 0.3) is 0 Å². The Labute approximate surface area is 89.7 Å². The lowest BCUT2D eigenvalue weighted by atomic mass is 9.90. The van der Waals surface area contributed by atoms with Crippen molar-refractivity contribution >= 4 is 11.6 Å². The summed E-state index contributed by atoms with van der Waals surface area (Å²) in [5.74, 6) is 0.0566. The lowest BCUT2D eigenvalue weighted by molar-refractivity contribution is -0.115. The van der Waals surface area contributed by atoms with Crippen LogP contribution in [-0.2, 0) is 16.8 Å². The van der Waals surface area contributed by atoms with E-state index in [0.717, 1.165) is 22.4 Å². The van der Waals surface area contributed by atoms with Crippen molar-refractivity contribution in [3.8, 4) is 0 Å². The van der Waals surface area contributed by atoms with Crippen LogP contribution in [0.3, 0.4) is 0 Å². The van der Waals surface area contributed by atoms with Crippen molar-refractivity contribution in [3.63, 3.8) is 0 Å². The van der Waals surface area contributed by atoms with Gasteiger partial charge < -0.3 is 11.1 Å². The van der Waals surface area contributed by atoms with E-state index in [1.165, 1.54) is 0 Å². The van der Waals surface area contributed by atoms with Crippen LogP contribution in [0.4, 0.5) is 5.69 Å². The van der Waals surface area contributed by atoms with Gasteiger partial charge in [-0.1, -0.05) is 17.7 Å². The summed E-state index contributed by atoms with van der Waals surface area (Å²) in [7, 11) is 0. The third-order valence-corrected chi connectivity index (χ3v) is 2.67. The third kappa shape index (κ3) is 1.75. The van der Waals surface area contributed by atoms with E-state index in [0.29, 0.717) is 6.42 Å². The molecule has 3 heteroatoms. The molecule has 0 fully saturated rings. The van der Waals surface area contributed by atoms with Crippen LogP contribution in [0, 0.1) is 6.92 Å². The monoisotopic (exact) mass is 204 g/mol. The zero-order valence-corrected chi connectivity index (χ0v) is 9.35. The first kappa shape index (κ1) is 10.2. The van der Waals surface area contributed by atoms with Crippen LogP contribution in [-0.4, -0.2) is 5.91 Å². The Morgan fingerprint density at radius 3 is 2.67 bits per heavy atom. The Morgan fingerprint density at radius 2 is 2.07 bits per heavy atom. The second-order valence-electron chi connectivity index (χ2n) is 4.79. The molecule has 0 radical (unpaired) electrons. The SMILES string of the molecule is Cc1cc2c(c(C(C)(C)N)c1)NC(=O)C2. The normalized spacial score (nSPS) is 15.1. The van der Waals surface area contributed by atoms with Crippen LogP contribution in [0.2, 0.25) is 0 Å². The van der Waals surface area contributed by atoms with Crippen LogP contribution in [0.5, 0.6) is 0 Å². The Hall–Kier alpha value is -1.35. The molecular formula is C12H16N2O. The van der Waals surface area contributed by atoms with Crippen LogP contribution in [0.1, 0.15) is 30.5 Å². The van der Waals surface area contributed by atoms with Gasteiger partial charge in [0.05, 0.1) is 6.42 Å². The van der Waals surface area contributed by atoms with Crippen molar-refractivity contribution in [1.82, 2.24) is 0 Å². The summed E-state index contributed by atoms with van der Waals surface area (Å²) in [6.45, 7) is 5.93. The van der Waals surface area contributed by atoms with Gasteiger partial charge in [-0.05, 0) is 31.9 Å². The number of rotatable bonds is 1. The fourth-order valence-corrected chi connectivity index (χ4v) is 2.01. The number of carbonyl (C=O) groups is 1. The van der Waals surface area contributed by atoms with Gasteiger partial charge in [0.25, 0.3) is 0 Å². The number of nitrogens with one attached hydrogen (secondary N) is 1. The van der Waals surface area contributed by atoms with Crippen molar-refractivity contribution in [3.05, 3.63) is 28.8 Å². The van der Waals surface area contributed by atoms with Crippen molar-refractivity contribution < 1.29 is 4.79 Å². The molecule has 3 nitrogen and oxygen atoms in total. The number of hydrogen-bond donors (Lipinski definition) is 2. The Balaban J connectivity index is 2.62. The van der Waals surface area contributed by atoms with E-state index in [9.17, 15) is 4.79 Å². The lowest BCUT2D eigenvalue weighted by Gasteiger charge is -2.23. The van der Waals surface area contributed by atoms with E-state index in [4.69, 9.17) is 5.73 Å². The minimum absolute atomic E-state index is 0.0566. The number of carbonyl (C=O) groups excluding carboxylic acids is 1. The highest BCUT2D eigenvalue weighted by Crippen LogP contribution is 2.34. The lowest BCUT2D eigenvalue weighted by Crippen LogP contribution is -2.29. The van der Waals surface area contributed by atoms with E-state index >= 15 is 0 Å². The number of aryl methyl sites for hydroxylation is 1. The van der Waals surface area contributed by atoms with Crippen molar-refractivity contribution in [2.75, 3.05) is 5.32 Å². The van der Waals surface area contributed by atoms with Gasteiger partial charge in [-0.15, -0.1) is 0 Å². The van der Waals surface area contributed by atoms with E-state index in [-0.39, 0.29) is 5.91 Å². The average molecular weight is 204 g/mol. The Bertz CT molecular complexity index is 430. The summed E-state index contributed by atoms with van der Waals surface area (Å²) in [5, 5.41) is 2.88. The van der Waals surface area contributed by atoms with Crippen molar-refractivity contribution in [2.45, 2.75) is 32.7 Å². The quantitative estimate of drug-likeness (QED) is 0.731. The predicted octanol–water partition coefficient (Wildman–Crippen LogP) is 1.68. The molecule has 0 unspecified atom stereocenters. The van der Waals surface area contributed by atoms with E-state index < -0.39 is 5.54 Å². The second kappa shape index (κ2) is 3.07. The summed E-state index contributed by atoms with van der Waals surface area (Å²) >= 11 is 0. The number of anilines is 1. The maximum Gasteiger partial charge on any atom is 0.228 e. The number of fused-ring (bicyclic) bond motifs is 1. The summed E-state index contributed by atoms with van der Waals surface area (Å²) in [5.41, 5.74) is 9.82. The zero-order valence-electron chi connectivity index (χ0n) is 9.35. The molecule has 0 saturated heterocycles. The molecule has 0 bridgehead atoms. The van der Waals surface area contributed by atoms with Gasteiger partial charge in [0.2, 0.25) is 5.91 Å². The van der Waals surface area contributed by atoms with Gasteiger partial charge >= 0.3 is 0 Å². The minimum Gasteiger partial charge on any atom is -0.325 e. The standard InChI is InChI=1S/C12H16N2O/c1-7-4-8-6-10(15)14-11(8)9(5-7)12(2,3)13/h4-5H,6,13H2,1-3H3,(H,14,15). The molecule has 15 heavy (non-hydrogen) atoms. The fraction of sp³-hybridized carbons (Fsp3) is 0.417. The van der Waals surface area contributed by atoms with Crippen LogP contribution in [0.15, 0.2) is 12.1 Å². The molecule has 0 saturated carbocycles. The molecule has 0 atom stereocenters. The molecule has 0 aliphatic carbocycles.